The zero-order valence-corrected chi connectivity index (χ0v) is 14.7. The van der Waals surface area contributed by atoms with E-state index in [1.54, 1.807) is 0 Å². The number of ether oxygens (including phenoxy) is 1. The molecule has 2 N–H and O–H groups in total. The van der Waals surface area contributed by atoms with E-state index >= 15 is 0 Å². The fraction of sp³-hybridized carbons (Fsp3) is 0.579. The largest absolute Gasteiger partial charge is 0.490 e. The van der Waals surface area contributed by atoms with Gasteiger partial charge in [-0.25, -0.2) is 0 Å². The number of benzene rings is 1. The molecule has 0 aliphatic carbocycles. The average molecular weight is 331 g/mol. The molecule has 3 rings (SSSR count). The van der Waals surface area contributed by atoms with Crippen LogP contribution < -0.4 is 4.74 Å². The molecule has 132 valence electrons. The summed E-state index contributed by atoms with van der Waals surface area (Å²) in [5.41, 5.74) is 1.06. The predicted molar refractivity (Wildman–Crippen MR) is 97.5 cm³/mol. The van der Waals surface area contributed by atoms with Gasteiger partial charge in [0.2, 0.25) is 0 Å². The number of aliphatic hydroxyl groups is 1. The molecule has 1 aromatic heterocycles. The molecule has 0 saturated carbocycles. The summed E-state index contributed by atoms with van der Waals surface area (Å²) in [6.07, 6.45) is 2.67. The number of fused-ring (bicyclic) bond motifs is 1. The second-order valence-electron chi connectivity index (χ2n) is 6.93. The minimum absolute atomic E-state index is 0.334. The van der Waals surface area contributed by atoms with Crippen LogP contribution in [0.5, 0.6) is 5.75 Å². The van der Waals surface area contributed by atoms with E-state index in [0.29, 0.717) is 13.2 Å². The molecular formula is C19H29N3O2. The lowest BCUT2D eigenvalue weighted by Crippen LogP contribution is -2.35. The van der Waals surface area contributed by atoms with Crippen molar-refractivity contribution in [1.29, 1.82) is 0 Å². The van der Waals surface area contributed by atoms with Gasteiger partial charge in [0.25, 0.3) is 0 Å². The van der Waals surface area contributed by atoms with Crippen LogP contribution in [0.2, 0.25) is 0 Å². The van der Waals surface area contributed by atoms with Crippen molar-refractivity contribution in [2.24, 2.45) is 5.92 Å². The Morgan fingerprint density at radius 3 is 3.12 bits per heavy atom. The van der Waals surface area contributed by atoms with Gasteiger partial charge in [-0.1, -0.05) is 13.0 Å². The molecule has 2 unspecified atom stereocenters. The quantitative estimate of drug-likeness (QED) is 0.778. The number of nitrogens with zero attached hydrogens (tertiary/aromatic N) is 2. The van der Waals surface area contributed by atoms with Gasteiger partial charge < -0.3 is 24.6 Å². The van der Waals surface area contributed by atoms with Crippen LogP contribution in [0.25, 0.3) is 10.9 Å². The van der Waals surface area contributed by atoms with Crippen LogP contribution in [0.15, 0.2) is 30.5 Å². The Balaban J connectivity index is 1.45. The molecule has 2 aromatic rings. The highest BCUT2D eigenvalue weighted by Crippen LogP contribution is 2.24. The van der Waals surface area contributed by atoms with E-state index in [0.717, 1.165) is 48.7 Å². The van der Waals surface area contributed by atoms with Crippen molar-refractivity contribution in [3.05, 3.63) is 30.5 Å². The van der Waals surface area contributed by atoms with Crippen molar-refractivity contribution in [3.8, 4) is 5.75 Å². The first-order chi connectivity index (χ1) is 11.7. The maximum atomic E-state index is 10.3. The van der Waals surface area contributed by atoms with Gasteiger partial charge in [-0.15, -0.1) is 0 Å². The molecule has 1 aromatic carbocycles. The van der Waals surface area contributed by atoms with Gasteiger partial charge in [0.1, 0.15) is 18.5 Å². The summed E-state index contributed by atoms with van der Waals surface area (Å²) in [5.74, 6) is 1.55. The zero-order chi connectivity index (χ0) is 16.9. The Kier molecular flexibility index (Phi) is 5.76. The SMILES string of the molecule is CCN(C)CC1CCN(CC(O)COc2cccc3[nH]ccc23)C1. The van der Waals surface area contributed by atoms with E-state index in [4.69, 9.17) is 4.74 Å². The number of H-pyrrole nitrogens is 1. The van der Waals surface area contributed by atoms with Gasteiger partial charge in [0.15, 0.2) is 0 Å². The third-order valence-corrected chi connectivity index (χ3v) is 4.93. The van der Waals surface area contributed by atoms with E-state index in [-0.39, 0.29) is 0 Å². The maximum Gasteiger partial charge on any atom is 0.128 e. The van der Waals surface area contributed by atoms with Crippen molar-refractivity contribution in [2.75, 3.05) is 46.4 Å². The number of β-amino-alcohol motifs (C(OH)–C–C–N with tert-alkyl or cyclic N) is 1. The number of likely N-dealkylation sites (tertiary alicyclic amines) is 1. The Morgan fingerprint density at radius 2 is 2.29 bits per heavy atom. The molecule has 0 spiro atoms. The van der Waals surface area contributed by atoms with Crippen LogP contribution in [0.3, 0.4) is 0 Å². The second-order valence-corrected chi connectivity index (χ2v) is 6.93. The lowest BCUT2D eigenvalue weighted by Gasteiger charge is -2.22. The smallest absolute Gasteiger partial charge is 0.128 e. The Bertz CT molecular complexity index is 642. The van der Waals surface area contributed by atoms with E-state index in [1.807, 2.05) is 30.5 Å². The summed E-state index contributed by atoms with van der Waals surface area (Å²) in [6.45, 7) is 7.61. The molecule has 1 aliphatic heterocycles. The first kappa shape index (κ1) is 17.3. The molecule has 1 fully saturated rings. The summed E-state index contributed by atoms with van der Waals surface area (Å²) >= 11 is 0. The maximum absolute atomic E-state index is 10.3. The van der Waals surface area contributed by atoms with Gasteiger partial charge in [-0.3, -0.25) is 0 Å². The standard InChI is InChI=1S/C19H29N3O2/c1-3-21(2)11-15-8-10-22(12-15)13-16(23)14-24-19-6-4-5-18-17(19)7-9-20-18/h4-7,9,15-16,20,23H,3,8,10-14H2,1-2H3. The summed E-state index contributed by atoms with van der Waals surface area (Å²) in [5, 5.41) is 11.4. The molecule has 5 nitrogen and oxygen atoms in total. The predicted octanol–water partition coefficient (Wildman–Crippen LogP) is 2.18. The number of aromatic amines is 1. The lowest BCUT2D eigenvalue weighted by atomic mass is 10.1. The monoisotopic (exact) mass is 331 g/mol. The Labute approximate surface area is 144 Å². The Morgan fingerprint density at radius 1 is 1.42 bits per heavy atom. The van der Waals surface area contributed by atoms with E-state index < -0.39 is 6.10 Å². The average Bonchev–Trinajstić information content (AvgIpc) is 3.22. The number of nitrogens with one attached hydrogen (secondary N) is 1. The fourth-order valence-corrected chi connectivity index (χ4v) is 3.52. The molecule has 0 radical (unpaired) electrons. The normalized spacial score (nSPS) is 20.1. The number of aliphatic hydroxyl groups excluding tert-OH is 1. The number of hydrogen-bond donors (Lipinski definition) is 2. The highest BCUT2D eigenvalue weighted by atomic mass is 16.5. The molecule has 0 amide bonds. The molecule has 5 heteroatoms. The zero-order valence-electron chi connectivity index (χ0n) is 14.7. The summed E-state index contributed by atoms with van der Waals surface area (Å²) < 4.78 is 5.85. The van der Waals surface area contributed by atoms with Crippen molar-refractivity contribution in [1.82, 2.24) is 14.8 Å². The fourth-order valence-electron chi connectivity index (χ4n) is 3.52. The lowest BCUT2D eigenvalue weighted by molar-refractivity contribution is 0.0748. The van der Waals surface area contributed by atoms with E-state index in [2.05, 4.69) is 28.8 Å². The third-order valence-electron chi connectivity index (χ3n) is 4.93. The molecule has 0 bridgehead atoms. The molecule has 2 heterocycles. The van der Waals surface area contributed by atoms with Gasteiger partial charge in [0.05, 0.1) is 0 Å². The minimum atomic E-state index is -0.457. The van der Waals surface area contributed by atoms with Crippen LogP contribution in [0, 0.1) is 5.92 Å². The first-order valence-corrected chi connectivity index (χ1v) is 8.93. The number of hydrogen-bond acceptors (Lipinski definition) is 4. The first-order valence-electron chi connectivity index (χ1n) is 8.93. The number of aromatic nitrogens is 1. The molecule has 2 atom stereocenters. The van der Waals surface area contributed by atoms with Crippen LogP contribution >= 0.6 is 0 Å². The van der Waals surface area contributed by atoms with Crippen LogP contribution in [-0.4, -0.2) is 72.4 Å². The molecule has 24 heavy (non-hydrogen) atoms. The highest BCUT2D eigenvalue weighted by Gasteiger charge is 2.25. The number of rotatable bonds is 8. The van der Waals surface area contributed by atoms with Gasteiger partial charge in [-0.2, -0.15) is 0 Å². The van der Waals surface area contributed by atoms with Gasteiger partial charge in [0, 0.05) is 36.7 Å². The molecule has 1 saturated heterocycles. The summed E-state index contributed by atoms with van der Waals surface area (Å²) in [4.78, 5) is 7.90. The van der Waals surface area contributed by atoms with Crippen molar-refractivity contribution in [3.63, 3.8) is 0 Å². The topological polar surface area (TPSA) is 51.7 Å². The Hall–Kier alpha value is -1.56. The third kappa shape index (κ3) is 4.29. The van der Waals surface area contributed by atoms with E-state index in [9.17, 15) is 5.11 Å². The van der Waals surface area contributed by atoms with E-state index in [1.165, 1.54) is 6.42 Å². The van der Waals surface area contributed by atoms with Gasteiger partial charge in [-0.05, 0) is 50.7 Å². The minimum Gasteiger partial charge on any atom is -0.490 e. The van der Waals surface area contributed by atoms with Crippen molar-refractivity contribution in [2.45, 2.75) is 19.4 Å². The molecule has 1 aliphatic rings. The van der Waals surface area contributed by atoms with Crippen LogP contribution in [0.4, 0.5) is 0 Å². The second kappa shape index (κ2) is 8.01. The van der Waals surface area contributed by atoms with Crippen molar-refractivity contribution < 1.29 is 9.84 Å². The summed E-state index contributed by atoms with van der Waals surface area (Å²) in [6, 6.07) is 7.95. The molecular weight excluding hydrogens is 302 g/mol. The van der Waals surface area contributed by atoms with Crippen LogP contribution in [0.1, 0.15) is 13.3 Å². The highest BCUT2D eigenvalue weighted by molar-refractivity contribution is 5.85. The van der Waals surface area contributed by atoms with Crippen LogP contribution in [-0.2, 0) is 0 Å². The van der Waals surface area contributed by atoms with Gasteiger partial charge >= 0.3 is 0 Å². The van der Waals surface area contributed by atoms with Crippen molar-refractivity contribution >= 4 is 10.9 Å². The summed E-state index contributed by atoms with van der Waals surface area (Å²) in [7, 11) is 2.17.